The second-order valence-electron chi connectivity index (χ2n) is 7.70. The highest BCUT2D eigenvalue weighted by atomic mass is 35.5. The van der Waals surface area contributed by atoms with E-state index in [0.717, 1.165) is 0 Å². The van der Waals surface area contributed by atoms with Crippen LogP contribution < -0.4 is 16.4 Å². The molecular formula is C23H19Cl3N6O2. The normalized spacial score (nSPS) is 11.1. The lowest BCUT2D eigenvalue weighted by Crippen LogP contribution is -2.20. The summed E-state index contributed by atoms with van der Waals surface area (Å²) in [5.41, 5.74) is 7.75. The van der Waals surface area contributed by atoms with E-state index in [0.29, 0.717) is 27.3 Å². The molecule has 2 heterocycles. The largest absolute Gasteiger partial charge is 0.383 e. The molecule has 11 heteroatoms. The molecular weight excluding hydrogens is 499 g/mol. The lowest BCUT2D eigenvalue weighted by Gasteiger charge is -2.12. The Hall–Kier alpha value is -3.33. The summed E-state index contributed by atoms with van der Waals surface area (Å²) in [6.45, 7) is 3.93. The highest BCUT2D eigenvalue weighted by Gasteiger charge is 2.24. The number of nitrogens with one attached hydrogen (secondary N) is 2. The standard InChI is InChI=1S/C23H19Cl3N6O2/c1-11(2)32-9-14(18-21(27)28-10-29-22(18)32)20(33)13-4-3-5-17(19(13)26)31-23(34)30-16-7-6-12(24)8-15(16)25/h3-11H,1-2H3,(H2,27,28,29)(H2,30,31,34). The quantitative estimate of drug-likeness (QED) is 0.264. The van der Waals surface area contributed by atoms with Gasteiger partial charge in [-0.2, -0.15) is 0 Å². The minimum atomic E-state index is -0.593. The minimum Gasteiger partial charge on any atom is -0.383 e. The minimum absolute atomic E-state index is 0.0326. The smallest absolute Gasteiger partial charge is 0.323 e. The van der Waals surface area contributed by atoms with Crippen LogP contribution in [0.5, 0.6) is 0 Å². The van der Waals surface area contributed by atoms with Gasteiger partial charge in [0.15, 0.2) is 5.78 Å². The van der Waals surface area contributed by atoms with Crippen LogP contribution in [0.25, 0.3) is 11.0 Å². The molecule has 4 aromatic rings. The Labute approximate surface area is 210 Å². The third kappa shape index (κ3) is 4.52. The van der Waals surface area contributed by atoms with Crippen molar-refractivity contribution in [3.63, 3.8) is 0 Å². The molecule has 2 amide bonds. The van der Waals surface area contributed by atoms with Gasteiger partial charge in [0.25, 0.3) is 0 Å². The number of nitrogens with zero attached hydrogens (tertiary/aromatic N) is 3. The number of nitrogens with two attached hydrogens (primary N) is 1. The van der Waals surface area contributed by atoms with Crippen molar-refractivity contribution in [2.24, 2.45) is 0 Å². The highest BCUT2D eigenvalue weighted by Crippen LogP contribution is 2.33. The number of fused-ring (bicyclic) bond motifs is 1. The van der Waals surface area contributed by atoms with Gasteiger partial charge in [-0.25, -0.2) is 14.8 Å². The molecule has 0 fully saturated rings. The summed E-state index contributed by atoms with van der Waals surface area (Å²) < 4.78 is 1.85. The van der Waals surface area contributed by atoms with Crippen LogP contribution in [0, 0.1) is 0 Å². The highest BCUT2D eigenvalue weighted by molar-refractivity contribution is 6.39. The fourth-order valence-corrected chi connectivity index (χ4v) is 4.20. The van der Waals surface area contributed by atoms with Gasteiger partial charge in [-0.05, 0) is 44.2 Å². The number of hydrogen-bond acceptors (Lipinski definition) is 5. The molecule has 0 aliphatic rings. The molecule has 0 spiro atoms. The molecule has 2 aromatic carbocycles. The monoisotopic (exact) mass is 516 g/mol. The van der Waals surface area contributed by atoms with Crippen molar-refractivity contribution in [1.29, 1.82) is 0 Å². The predicted molar refractivity (Wildman–Crippen MR) is 136 cm³/mol. The lowest BCUT2D eigenvalue weighted by atomic mass is 10.0. The van der Waals surface area contributed by atoms with Crippen LogP contribution in [0.2, 0.25) is 15.1 Å². The van der Waals surface area contributed by atoms with Gasteiger partial charge in [0.05, 0.1) is 32.4 Å². The van der Waals surface area contributed by atoms with E-state index in [4.69, 9.17) is 40.5 Å². The number of halogens is 3. The van der Waals surface area contributed by atoms with Crippen LogP contribution in [0.4, 0.5) is 22.0 Å². The maximum absolute atomic E-state index is 13.5. The van der Waals surface area contributed by atoms with E-state index >= 15 is 0 Å². The zero-order chi connectivity index (χ0) is 24.6. The van der Waals surface area contributed by atoms with E-state index in [-0.39, 0.29) is 38.9 Å². The van der Waals surface area contributed by atoms with E-state index in [2.05, 4.69) is 20.6 Å². The van der Waals surface area contributed by atoms with Gasteiger partial charge in [0.2, 0.25) is 0 Å². The third-order valence-electron chi connectivity index (χ3n) is 5.11. The number of ketones is 1. The van der Waals surface area contributed by atoms with Crippen molar-refractivity contribution in [1.82, 2.24) is 14.5 Å². The maximum atomic E-state index is 13.5. The zero-order valence-electron chi connectivity index (χ0n) is 18.1. The average Bonchev–Trinajstić information content (AvgIpc) is 3.18. The predicted octanol–water partition coefficient (Wildman–Crippen LogP) is 6.43. The second kappa shape index (κ2) is 9.50. The topological polar surface area (TPSA) is 115 Å². The van der Waals surface area contributed by atoms with E-state index in [1.807, 2.05) is 18.4 Å². The number of nitrogen functional groups attached to an aromatic ring is 1. The first-order valence-electron chi connectivity index (χ1n) is 10.1. The Morgan fingerprint density at radius 3 is 2.44 bits per heavy atom. The van der Waals surface area contributed by atoms with Crippen molar-refractivity contribution in [3.05, 3.63) is 75.1 Å². The van der Waals surface area contributed by atoms with E-state index in [1.165, 1.54) is 12.4 Å². The summed E-state index contributed by atoms with van der Waals surface area (Å²) >= 11 is 18.5. The van der Waals surface area contributed by atoms with Gasteiger partial charge in [-0.1, -0.05) is 40.9 Å². The zero-order valence-corrected chi connectivity index (χ0v) is 20.3. The Balaban J connectivity index is 1.66. The van der Waals surface area contributed by atoms with Gasteiger partial charge in [-0.3, -0.25) is 4.79 Å². The van der Waals surface area contributed by atoms with Crippen molar-refractivity contribution >= 4 is 74.8 Å². The molecule has 174 valence electrons. The van der Waals surface area contributed by atoms with Gasteiger partial charge < -0.3 is 20.9 Å². The van der Waals surface area contributed by atoms with Crippen LogP contribution in [0.3, 0.4) is 0 Å². The molecule has 0 saturated carbocycles. The molecule has 0 aliphatic carbocycles. The summed E-state index contributed by atoms with van der Waals surface area (Å²) in [6, 6.07) is 8.88. The first-order chi connectivity index (χ1) is 16.2. The number of carbonyl (C=O) groups is 2. The average molecular weight is 518 g/mol. The van der Waals surface area contributed by atoms with Crippen LogP contribution >= 0.6 is 34.8 Å². The van der Waals surface area contributed by atoms with Gasteiger partial charge >= 0.3 is 6.03 Å². The van der Waals surface area contributed by atoms with Crippen molar-refractivity contribution < 1.29 is 9.59 Å². The van der Waals surface area contributed by atoms with Crippen molar-refractivity contribution in [3.8, 4) is 0 Å². The summed E-state index contributed by atoms with van der Waals surface area (Å²) in [4.78, 5) is 34.4. The molecule has 0 radical (unpaired) electrons. The Bertz CT molecular complexity index is 1430. The summed E-state index contributed by atoms with van der Waals surface area (Å²) in [7, 11) is 0. The maximum Gasteiger partial charge on any atom is 0.323 e. The fraction of sp³-hybridized carbons (Fsp3) is 0.130. The van der Waals surface area contributed by atoms with Crippen LogP contribution in [0.15, 0.2) is 48.9 Å². The molecule has 0 saturated heterocycles. The van der Waals surface area contributed by atoms with Crippen LogP contribution in [-0.4, -0.2) is 26.3 Å². The Morgan fingerprint density at radius 1 is 1.00 bits per heavy atom. The molecule has 8 nitrogen and oxygen atoms in total. The fourth-order valence-electron chi connectivity index (χ4n) is 3.49. The molecule has 34 heavy (non-hydrogen) atoms. The number of amides is 2. The summed E-state index contributed by atoms with van der Waals surface area (Å²) in [5, 5.41) is 6.50. The first-order valence-corrected chi connectivity index (χ1v) is 11.3. The van der Waals surface area contributed by atoms with Gasteiger partial charge in [0, 0.05) is 22.8 Å². The number of aromatic nitrogens is 3. The molecule has 0 bridgehead atoms. The number of rotatable bonds is 5. The number of hydrogen-bond donors (Lipinski definition) is 3. The molecule has 4 rings (SSSR count). The van der Waals surface area contributed by atoms with E-state index in [1.54, 1.807) is 36.5 Å². The molecule has 0 atom stereocenters. The number of urea groups is 1. The number of anilines is 3. The van der Waals surface area contributed by atoms with E-state index in [9.17, 15) is 9.59 Å². The van der Waals surface area contributed by atoms with Crippen LogP contribution in [0.1, 0.15) is 35.8 Å². The molecule has 0 unspecified atom stereocenters. The van der Waals surface area contributed by atoms with Crippen molar-refractivity contribution in [2.75, 3.05) is 16.4 Å². The molecule has 0 aliphatic heterocycles. The first kappa shape index (κ1) is 23.8. The molecule has 2 aromatic heterocycles. The number of carbonyl (C=O) groups excluding carboxylic acids is 2. The Morgan fingerprint density at radius 2 is 1.74 bits per heavy atom. The third-order valence-corrected chi connectivity index (χ3v) is 6.07. The SMILES string of the molecule is CC(C)n1cc(C(=O)c2cccc(NC(=O)Nc3ccc(Cl)cc3Cl)c2Cl)c2c(N)ncnc21. The van der Waals surface area contributed by atoms with Gasteiger partial charge in [-0.15, -0.1) is 0 Å². The Kier molecular flexibility index (Phi) is 6.65. The van der Waals surface area contributed by atoms with Gasteiger partial charge in [0.1, 0.15) is 17.8 Å². The molecule has 4 N–H and O–H groups in total. The summed E-state index contributed by atoms with van der Waals surface area (Å²) in [6.07, 6.45) is 3.04. The summed E-state index contributed by atoms with van der Waals surface area (Å²) in [5.74, 6) is -0.182. The second-order valence-corrected chi connectivity index (χ2v) is 8.92. The van der Waals surface area contributed by atoms with E-state index < -0.39 is 6.03 Å². The lowest BCUT2D eigenvalue weighted by molar-refractivity contribution is 0.104. The number of benzene rings is 2. The van der Waals surface area contributed by atoms with Crippen molar-refractivity contribution in [2.45, 2.75) is 19.9 Å². The van der Waals surface area contributed by atoms with Crippen LogP contribution in [-0.2, 0) is 0 Å².